The van der Waals surface area contributed by atoms with Crippen molar-refractivity contribution < 1.29 is 14.3 Å². The van der Waals surface area contributed by atoms with Crippen LogP contribution in [0.5, 0.6) is 0 Å². The zero-order valence-corrected chi connectivity index (χ0v) is 18.8. The third-order valence-electron chi connectivity index (χ3n) is 5.46. The average Bonchev–Trinajstić information content (AvgIpc) is 2.73. The van der Waals surface area contributed by atoms with E-state index in [1.54, 1.807) is 11.8 Å². The molecule has 1 aromatic carbocycles. The zero-order valence-electron chi connectivity index (χ0n) is 18.0. The van der Waals surface area contributed by atoms with Gasteiger partial charge in [0.25, 0.3) is 5.54 Å². The molecule has 0 aliphatic carbocycles. The number of unbranched alkanes of at least 4 members (excludes halogenated alkanes) is 5. The van der Waals surface area contributed by atoms with Crippen molar-refractivity contribution >= 4 is 17.7 Å². The van der Waals surface area contributed by atoms with E-state index in [0.29, 0.717) is 25.4 Å². The summed E-state index contributed by atoms with van der Waals surface area (Å²) in [6.45, 7) is 13.2. The number of esters is 1. The summed E-state index contributed by atoms with van der Waals surface area (Å²) in [5, 5.41) is 0. The Balaban J connectivity index is 1.72. The molecule has 29 heavy (non-hydrogen) atoms. The average molecular weight is 418 g/mol. The van der Waals surface area contributed by atoms with Gasteiger partial charge in [0.1, 0.15) is 0 Å². The van der Waals surface area contributed by atoms with Gasteiger partial charge in [-0.25, -0.2) is 6.57 Å². The van der Waals surface area contributed by atoms with Crippen LogP contribution in [0.25, 0.3) is 4.85 Å². The fraction of sp³-hybridized carbons (Fsp3) is 0.667. The first-order valence-corrected chi connectivity index (χ1v) is 12.0. The summed E-state index contributed by atoms with van der Waals surface area (Å²) in [7, 11) is 0. The molecule has 0 radical (unpaired) electrons. The molecule has 2 atom stereocenters. The SMILES string of the molecule is [C-]#[N+]C1(c2cccc(SCCC(=O)OCCCCCCCC)c2)CCOC(C)C1. The lowest BCUT2D eigenvalue weighted by atomic mass is 9.81. The number of rotatable bonds is 12. The number of hydrogen-bond acceptors (Lipinski definition) is 4. The summed E-state index contributed by atoms with van der Waals surface area (Å²) in [5.74, 6) is 0.585. The molecule has 5 heteroatoms. The molecule has 1 aliphatic rings. The molecule has 0 aromatic heterocycles. The highest BCUT2D eigenvalue weighted by molar-refractivity contribution is 7.99. The van der Waals surface area contributed by atoms with Crippen LogP contribution in [0.1, 0.15) is 77.2 Å². The van der Waals surface area contributed by atoms with E-state index in [1.165, 1.54) is 25.7 Å². The normalized spacial score (nSPS) is 21.5. The van der Waals surface area contributed by atoms with E-state index < -0.39 is 5.54 Å². The van der Waals surface area contributed by atoms with E-state index in [0.717, 1.165) is 36.1 Å². The first kappa shape index (κ1) is 23.8. The number of carbonyl (C=O) groups excluding carboxylic acids is 1. The lowest BCUT2D eigenvalue weighted by Gasteiger charge is -2.30. The van der Waals surface area contributed by atoms with E-state index in [1.807, 2.05) is 13.0 Å². The van der Waals surface area contributed by atoms with Gasteiger partial charge in [0.15, 0.2) is 0 Å². The maximum absolute atomic E-state index is 11.9. The quantitative estimate of drug-likeness (QED) is 0.171. The summed E-state index contributed by atoms with van der Waals surface area (Å²) < 4.78 is 11.0. The number of carbonyl (C=O) groups is 1. The Morgan fingerprint density at radius 2 is 2.10 bits per heavy atom. The first-order valence-electron chi connectivity index (χ1n) is 11.0. The lowest BCUT2D eigenvalue weighted by molar-refractivity contribution is -0.143. The highest BCUT2D eigenvalue weighted by atomic mass is 32.2. The molecule has 1 saturated heterocycles. The van der Waals surface area contributed by atoms with Crippen molar-refractivity contribution in [3.8, 4) is 0 Å². The van der Waals surface area contributed by atoms with Crippen LogP contribution in [-0.2, 0) is 19.8 Å². The molecule has 1 aliphatic heterocycles. The molecule has 2 rings (SSSR count). The van der Waals surface area contributed by atoms with Crippen LogP contribution in [0.15, 0.2) is 29.2 Å². The lowest BCUT2D eigenvalue weighted by Crippen LogP contribution is -2.35. The zero-order chi connectivity index (χ0) is 21.0. The predicted molar refractivity (Wildman–Crippen MR) is 119 cm³/mol. The minimum Gasteiger partial charge on any atom is -0.466 e. The fourth-order valence-corrected chi connectivity index (χ4v) is 4.65. The molecule has 0 N–H and O–H groups in total. The fourth-order valence-electron chi connectivity index (χ4n) is 3.76. The van der Waals surface area contributed by atoms with Crippen LogP contribution in [0.4, 0.5) is 0 Å². The van der Waals surface area contributed by atoms with Gasteiger partial charge in [0, 0.05) is 16.2 Å². The molecule has 1 aromatic rings. The summed E-state index contributed by atoms with van der Waals surface area (Å²) in [6, 6.07) is 8.23. The van der Waals surface area contributed by atoms with Gasteiger partial charge in [0.2, 0.25) is 0 Å². The minimum absolute atomic E-state index is 0.107. The van der Waals surface area contributed by atoms with Gasteiger partial charge >= 0.3 is 5.97 Å². The minimum atomic E-state index is -0.482. The summed E-state index contributed by atoms with van der Waals surface area (Å²) in [4.78, 5) is 17.0. The van der Waals surface area contributed by atoms with Gasteiger partial charge in [-0.05, 0) is 25.5 Å². The second-order valence-corrected chi connectivity index (χ2v) is 9.06. The predicted octanol–water partition coefficient (Wildman–Crippen LogP) is 6.39. The van der Waals surface area contributed by atoms with E-state index in [4.69, 9.17) is 16.0 Å². The maximum atomic E-state index is 11.9. The molecule has 0 amide bonds. The Kier molecular flexibility index (Phi) is 10.6. The summed E-state index contributed by atoms with van der Waals surface area (Å²) >= 11 is 1.65. The van der Waals surface area contributed by atoms with E-state index in [-0.39, 0.29) is 12.1 Å². The van der Waals surface area contributed by atoms with Crippen LogP contribution in [-0.4, -0.2) is 31.0 Å². The van der Waals surface area contributed by atoms with Gasteiger partial charge in [-0.1, -0.05) is 51.2 Å². The van der Waals surface area contributed by atoms with Crippen molar-refractivity contribution in [2.45, 2.75) is 88.2 Å². The molecule has 0 bridgehead atoms. The summed E-state index contributed by atoms with van der Waals surface area (Å²) in [5.41, 5.74) is 0.586. The largest absolute Gasteiger partial charge is 0.466 e. The van der Waals surface area contributed by atoms with E-state index >= 15 is 0 Å². The van der Waals surface area contributed by atoms with Crippen LogP contribution in [0.3, 0.4) is 0 Å². The van der Waals surface area contributed by atoms with Crippen LogP contribution < -0.4 is 0 Å². The maximum Gasteiger partial charge on any atom is 0.306 e. The van der Waals surface area contributed by atoms with Crippen molar-refractivity contribution in [3.63, 3.8) is 0 Å². The van der Waals surface area contributed by atoms with Crippen LogP contribution >= 0.6 is 11.8 Å². The smallest absolute Gasteiger partial charge is 0.306 e. The van der Waals surface area contributed by atoms with Crippen molar-refractivity contribution in [1.29, 1.82) is 0 Å². The van der Waals surface area contributed by atoms with Crippen molar-refractivity contribution in [1.82, 2.24) is 0 Å². The number of hydrogen-bond donors (Lipinski definition) is 0. The molecule has 2 unspecified atom stereocenters. The Bertz CT molecular complexity index is 672. The standard InChI is InChI=1S/C24H35NO3S/c1-4-5-6-7-8-9-15-28-23(26)13-17-29-22-12-10-11-21(18-22)24(25-3)14-16-27-20(2)19-24/h10-12,18,20H,4-9,13-17,19H2,1-2H3. The van der Waals surface area contributed by atoms with Crippen LogP contribution in [0.2, 0.25) is 0 Å². The Labute approximate surface area is 180 Å². The van der Waals surface area contributed by atoms with Crippen LogP contribution in [0, 0.1) is 6.57 Å². The third-order valence-corrected chi connectivity index (χ3v) is 6.46. The van der Waals surface area contributed by atoms with E-state index in [2.05, 4.69) is 30.0 Å². The summed E-state index contributed by atoms with van der Waals surface area (Å²) in [6.07, 6.45) is 9.15. The topological polar surface area (TPSA) is 39.9 Å². The Morgan fingerprint density at radius 3 is 2.86 bits per heavy atom. The second-order valence-electron chi connectivity index (χ2n) is 7.89. The number of ether oxygens (including phenoxy) is 2. The van der Waals surface area contributed by atoms with Gasteiger partial charge in [-0.2, -0.15) is 0 Å². The molecule has 1 fully saturated rings. The molecule has 0 saturated carbocycles. The number of thioether (sulfide) groups is 1. The Hall–Kier alpha value is -1.51. The van der Waals surface area contributed by atoms with Gasteiger partial charge in [0.05, 0.1) is 38.6 Å². The molecule has 160 valence electrons. The monoisotopic (exact) mass is 417 g/mol. The van der Waals surface area contributed by atoms with Crippen molar-refractivity contribution in [2.75, 3.05) is 19.0 Å². The highest BCUT2D eigenvalue weighted by Gasteiger charge is 2.43. The van der Waals surface area contributed by atoms with Crippen molar-refractivity contribution in [3.05, 3.63) is 41.2 Å². The first-order chi connectivity index (χ1) is 14.1. The number of benzene rings is 1. The third kappa shape index (κ3) is 8.03. The van der Waals surface area contributed by atoms with E-state index in [9.17, 15) is 4.79 Å². The van der Waals surface area contributed by atoms with Gasteiger partial charge in [-0.3, -0.25) is 4.79 Å². The molecular weight excluding hydrogens is 382 g/mol. The number of nitrogens with zero attached hydrogens (tertiary/aromatic N) is 1. The van der Waals surface area contributed by atoms with Gasteiger partial charge < -0.3 is 14.3 Å². The molecule has 0 spiro atoms. The molecule has 1 heterocycles. The second kappa shape index (κ2) is 12.9. The Morgan fingerprint density at radius 1 is 1.31 bits per heavy atom. The molecule has 4 nitrogen and oxygen atoms in total. The highest BCUT2D eigenvalue weighted by Crippen LogP contribution is 2.39. The molecular formula is C24H35NO3S. The van der Waals surface area contributed by atoms with Gasteiger partial charge in [-0.15, -0.1) is 11.8 Å². The van der Waals surface area contributed by atoms with Crippen molar-refractivity contribution in [2.24, 2.45) is 0 Å².